The number of carboxylic acids is 1. The number of fused-ring (bicyclic) bond motifs is 1. The Hall–Kier alpha value is -1.73. The van der Waals surface area contributed by atoms with E-state index in [0.717, 1.165) is 45.0 Å². The number of hydrogen-bond acceptors (Lipinski definition) is 6. The summed E-state index contributed by atoms with van der Waals surface area (Å²) in [7, 11) is 0. The molecule has 1 N–H and O–H groups in total. The predicted octanol–water partition coefficient (Wildman–Crippen LogP) is 0.478. The van der Waals surface area contributed by atoms with Crippen molar-refractivity contribution in [2.45, 2.75) is 18.9 Å². The Morgan fingerprint density at radius 1 is 1.26 bits per heavy atom. The van der Waals surface area contributed by atoms with E-state index in [2.05, 4.69) is 19.8 Å². The molecule has 3 fully saturated rings. The fourth-order valence-electron chi connectivity index (χ4n) is 4.36. The summed E-state index contributed by atoms with van der Waals surface area (Å²) in [5.41, 5.74) is -0.685. The summed E-state index contributed by atoms with van der Waals surface area (Å²) in [4.78, 5) is 25.0. The van der Waals surface area contributed by atoms with Crippen molar-refractivity contribution in [2.75, 3.05) is 44.3 Å². The molecule has 1 aromatic rings. The number of ether oxygens (including phenoxy) is 1. The number of aliphatic carboxylic acids is 1. The van der Waals surface area contributed by atoms with Crippen LogP contribution in [0.4, 0.5) is 5.82 Å². The van der Waals surface area contributed by atoms with Gasteiger partial charge in [-0.1, -0.05) is 0 Å². The third-order valence-electron chi connectivity index (χ3n) is 5.64. The lowest BCUT2D eigenvalue weighted by Crippen LogP contribution is -2.44. The Morgan fingerprint density at radius 2 is 2.09 bits per heavy atom. The lowest BCUT2D eigenvalue weighted by molar-refractivity contribution is -0.148. The second-order valence-electron chi connectivity index (χ2n) is 6.88. The van der Waals surface area contributed by atoms with E-state index in [4.69, 9.17) is 4.74 Å². The van der Waals surface area contributed by atoms with E-state index in [0.29, 0.717) is 19.1 Å². The van der Waals surface area contributed by atoms with Crippen LogP contribution in [-0.2, 0) is 9.53 Å². The lowest BCUT2D eigenvalue weighted by atomic mass is 9.81. The van der Waals surface area contributed by atoms with Crippen LogP contribution < -0.4 is 4.90 Å². The third kappa shape index (κ3) is 2.48. The summed E-state index contributed by atoms with van der Waals surface area (Å²) in [5.74, 6) is 0.244. The van der Waals surface area contributed by atoms with Gasteiger partial charge in [-0.2, -0.15) is 0 Å². The largest absolute Gasteiger partial charge is 0.481 e. The van der Waals surface area contributed by atoms with Crippen molar-refractivity contribution in [3.63, 3.8) is 0 Å². The summed E-state index contributed by atoms with van der Waals surface area (Å²) in [6.07, 6.45) is 7.03. The van der Waals surface area contributed by atoms with Crippen LogP contribution in [0.2, 0.25) is 0 Å². The Morgan fingerprint density at radius 3 is 2.74 bits per heavy atom. The number of nitrogens with zero attached hydrogens (tertiary/aromatic N) is 4. The van der Waals surface area contributed by atoms with Crippen LogP contribution in [0, 0.1) is 11.3 Å². The molecule has 124 valence electrons. The molecule has 3 aliphatic rings. The molecule has 0 spiro atoms. The zero-order valence-electron chi connectivity index (χ0n) is 13.1. The smallest absolute Gasteiger partial charge is 0.313 e. The molecule has 0 amide bonds. The topological polar surface area (TPSA) is 78.8 Å². The second kappa shape index (κ2) is 5.72. The minimum Gasteiger partial charge on any atom is -0.481 e. The number of hydrogen-bond donors (Lipinski definition) is 1. The number of likely N-dealkylation sites (tertiary alicyclic amines) is 1. The van der Waals surface area contributed by atoms with Gasteiger partial charge in [0.25, 0.3) is 0 Å². The molecular formula is C16H22N4O3. The maximum absolute atomic E-state index is 12.1. The number of rotatable bonds is 3. The molecule has 0 saturated carbocycles. The Bertz CT molecular complexity index is 578. The van der Waals surface area contributed by atoms with Crippen molar-refractivity contribution in [1.29, 1.82) is 0 Å². The highest BCUT2D eigenvalue weighted by atomic mass is 16.5. The van der Waals surface area contributed by atoms with Crippen LogP contribution in [0.3, 0.4) is 0 Å². The van der Waals surface area contributed by atoms with Gasteiger partial charge in [-0.15, -0.1) is 0 Å². The molecule has 0 unspecified atom stereocenters. The first-order valence-electron chi connectivity index (χ1n) is 8.25. The zero-order chi connectivity index (χ0) is 15.9. The van der Waals surface area contributed by atoms with E-state index in [-0.39, 0.29) is 5.92 Å². The van der Waals surface area contributed by atoms with Crippen LogP contribution in [0.5, 0.6) is 0 Å². The maximum Gasteiger partial charge on any atom is 0.313 e. The van der Waals surface area contributed by atoms with Crippen molar-refractivity contribution in [2.24, 2.45) is 11.3 Å². The van der Waals surface area contributed by atoms with Gasteiger partial charge in [-0.3, -0.25) is 14.7 Å². The first-order chi connectivity index (χ1) is 11.2. The van der Waals surface area contributed by atoms with Crippen molar-refractivity contribution in [3.05, 3.63) is 18.6 Å². The van der Waals surface area contributed by atoms with E-state index < -0.39 is 11.4 Å². The van der Waals surface area contributed by atoms with Gasteiger partial charge in [0.05, 0.1) is 6.20 Å². The Balaban J connectivity index is 1.53. The Kier molecular flexibility index (Phi) is 3.69. The molecule has 0 bridgehead atoms. The Labute approximate surface area is 135 Å². The molecule has 4 rings (SSSR count). The summed E-state index contributed by atoms with van der Waals surface area (Å²) >= 11 is 0. The van der Waals surface area contributed by atoms with Crippen molar-refractivity contribution < 1.29 is 14.6 Å². The number of carbonyl (C=O) groups is 1. The highest BCUT2D eigenvalue weighted by Gasteiger charge is 2.58. The molecule has 1 aromatic heterocycles. The predicted molar refractivity (Wildman–Crippen MR) is 83.2 cm³/mol. The van der Waals surface area contributed by atoms with Crippen LogP contribution in [0.25, 0.3) is 0 Å². The number of carboxylic acid groups (broad SMARTS) is 1. The molecule has 23 heavy (non-hydrogen) atoms. The lowest BCUT2D eigenvalue weighted by Gasteiger charge is -2.33. The molecule has 3 saturated heterocycles. The van der Waals surface area contributed by atoms with Gasteiger partial charge in [0.2, 0.25) is 0 Å². The molecule has 0 radical (unpaired) electrons. The number of aromatic nitrogens is 2. The normalized spacial score (nSPS) is 32.2. The van der Waals surface area contributed by atoms with Gasteiger partial charge in [0.1, 0.15) is 11.2 Å². The van der Waals surface area contributed by atoms with Gasteiger partial charge in [-0.25, -0.2) is 4.98 Å². The van der Waals surface area contributed by atoms with E-state index in [9.17, 15) is 9.90 Å². The molecule has 2 atom stereocenters. The van der Waals surface area contributed by atoms with Crippen LogP contribution in [0.1, 0.15) is 12.8 Å². The minimum absolute atomic E-state index is 0.143. The average Bonchev–Trinajstić information content (AvgIpc) is 3.12. The van der Waals surface area contributed by atoms with E-state index in [1.165, 1.54) is 0 Å². The molecule has 0 aromatic carbocycles. The van der Waals surface area contributed by atoms with Crippen LogP contribution in [0.15, 0.2) is 18.6 Å². The quantitative estimate of drug-likeness (QED) is 0.868. The molecule has 0 aliphatic carbocycles. The van der Waals surface area contributed by atoms with Gasteiger partial charge >= 0.3 is 5.97 Å². The summed E-state index contributed by atoms with van der Waals surface area (Å²) in [6, 6.07) is 0.468. The summed E-state index contributed by atoms with van der Waals surface area (Å²) < 4.78 is 5.43. The summed E-state index contributed by atoms with van der Waals surface area (Å²) in [5, 5.41) is 9.94. The number of anilines is 1. The van der Waals surface area contributed by atoms with Gasteiger partial charge in [0, 0.05) is 63.7 Å². The third-order valence-corrected chi connectivity index (χ3v) is 5.64. The van der Waals surface area contributed by atoms with Crippen molar-refractivity contribution >= 4 is 11.8 Å². The van der Waals surface area contributed by atoms with Crippen LogP contribution in [-0.4, -0.2) is 71.4 Å². The average molecular weight is 318 g/mol. The van der Waals surface area contributed by atoms with E-state index >= 15 is 0 Å². The van der Waals surface area contributed by atoms with Gasteiger partial charge in [-0.05, 0) is 12.8 Å². The van der Waals surface area contributed by atoms with Gasteiger partial charge in [0.15, 0.2) is 0 Å². The van der Waals surface area contributed by atoms with Crippen LogP contribution >= 0.6 is 0 Å². The zero-order valence-corrected chi connectivity index (χ0v) is 13.1. The molecule has 3 aliphatic heterocycles. The molecular weight excluding hydrogens is 296 g/mol. The van der Waals surface area contributed by atoms with E-state index in [1.807, 2.05) is 0 Å². The summed E-state index contributed by atoms with van der Waals surface area (Å²) in [6.45, 7) is 4.33. The van der Waals surface area contributed by atoms with Crippen molar-refractivity contribution in [3.8, 4) is 0 Å². The fraction of sp³-hybridized carbons (Fsp3) is 0.688. The first-order valence-corrected chi connectivity index (χ1v) is 8.25. The SMILES string of the molecule is O=C(O)[C@@]12CN(c3cnccn3)C[C@@H]1CN(C1CCOCC1)C2. The molecule has 7 heteroatoms. The molecule has 4 heterocycles. The first kappa shape index (κ1) is 14.8. The van der Waals surface area contributed by atoms with Gasteiger partial charge < -0.3 is 14.7 Å². The highest BCUT2D eigenvalue weighted by Crippen LogP contribution is 2.45. The minimum atomic E-state index is -0.685. The van der Waals surface area contributed by atoms with Crippen molar-refractivity contribution in [1.82, 2.24) is 14.9 Å². The maximum atomic E-state index is 12.1. The standard InChI is InChI=1S/C16H22N4O3/c21-15(22)16-10-19(13-1-5-23-6-2-13)8-12(16)9-20(11-16)14-7-17-3-4-18-14/h3-4,7,12-13H,1-2,5-6,8-11H2,(H,21,22)/t12-,16-/m0/s1. The van der Waals surface area contributed by atoms with E-state index in [1.54, 1.807) is 18.6 Å². The highest BCUT2D eigenvalue weighted by molar-refractivity contribution is 5.78. The molecule has 7 nitrogen and oxygen atoms in total. The second-order valence-corrected chi connectivity index (χ2v) is 6.88. The monoisotopic (exact) mass is 318 g/mol. The fourth-order valence-corrected chi connectivity index (χ4v) is 4.36.